The van der Waals surface area contributed by atoms with Crippen molar-refractivity contribution in [3.05, 3.63) is 65.2 Å². The number of thiocarbonyl (C=S) groups is 1. The molecule has 1 atom stereocenters. The molecule has 0 spiro atoms. The standard InChI is InChI=1S/C17H18F2N2S/c1-3-12-4-7-14(8-5-12)21-17(22)20-11(2)13-6-9-15(18)16(19)10-13/h4-11H,3H2,1-2H3,(H2,20,21,22)/t11-/m0/s1. The fourth-order valence-electron chi connectivity index (χ4n) is 2.05. The van der Waals surface area contributed by atoms with Crippen LogP contribution in [0.2, 0.25) is 0 Å². The zero-order chi connectivity index (χ0) is 16.1. The Morgan fingerprint density at radius 2 is 1.77 bits per heavy atom. The molecule has 0 unspecified atom stereocenters. The highest BCUT2D eigenvalue weighted by molar-refractivity contribution is 7.80. The van der Waals surface area contributed by atoms with E-state index in [2.05, 4.69) is 17.6 Å². The summed E-state index contributed by atoms with van der Waals surface area (Å²) in [7, 11) is 0. The summed E-state index contributed by atoms with van der Waals surface area (Å²) < 4.78 is 26.2. The smallest absolute Gasteiger partial charge is 0.171 e. The average molecular weight is 320 g/mol. The Labute approximate surface area is 134 Å². The van der Waals surface area contributed by atoms with Crippen LogP contribution in [0.15, 0.2) is 42.5 Å². The lowest BCUT2D eigenvalue weighted by atomic mass is 10.1. The highest BCUT2D eigenvalue weighted by atomic mass is 32.1. The number of nitrogens with one attached hydrogen (secondary N) is 2. The molecule has 0 amide bonds. The van der Waals surface area contributed by atoms with E-state index in [0.717, 1.165) is 18.2 Å². The number of hydrogen-bond acceptors (Lipinski definition) is 1. The van der Waals surface area contributed by atoms with Crippen LogP contribution >= 0.6 is 12.2 Å². The minimum Gasteiger partial charge on any atom is -0.356 e. The molecule has 2 aromatic rings. The Hall–Kier alpha value is -2.01. The number of aryl methyl sites for hydroxylation is 1. The first-order chi connectivity index (χ1) is 10.5. The average Bonchev–Trinajstić information content (AvgIpc) is 2.50. The van der Waals surface area contributed by atoms with Crippen LogP contribution in [0, 0.1) is 11.6 Å². The van der Waals surface area contributed by atoms with E-state index in [-0.39, 0.29) is 6.04 Å². The van der Waals surface area contributed by atoms with Crippen molar-refractivity contribution in [2.45, 2.75) is 26.3 Å². The second-order valence-corrected chi connectivity index (χ2v) is 5.45. The summed E-state index contributed by atoms with van der Waals surface area (Å²) in [6.45, 7) is 3.93. The van der Waals surface area contributed by atoms with Crippen molar-refractivity contribution < 1.29 is 8.78 Å². The summed E-state index contributed by atoms with van der Waals surface area (Å²) in [6.07, 6.45) is 0.982. The van der Waals surface area contributed by atoms with Gasteiger partial charge in [0.05, 0.1) is 6.04 Å². The fraction of sp³-hybridized carbons (Fsp3) is 0.235. The molecule has 2 N–H and O–H groups in total. The van der Waals surface area contributed by atoms with Gasteiger partial charge in [0.2, 0.25) is 0 Å². The summed E-state index contributed by atoms with van der Waals surface area (Å²) in [4.78, 5) is 0. The maximum Gasteiger partial charge on any atom is 0.171 e. The molecule has 0 aliphatic heterocycles. The molecule has 0 aliphatic rings. The number of rotatable bonds is 4. The van der Waals surface area contributed by atoms with Crippen molar-refractivity contribution in [3.63, 3.8) is 0 Å². The zero-order valence-electron chi connectivity index (χ0n) is 12.5. The van der Waals surface area contributed by atoms with Crippen LogP contribution in [0.4, 0.5) is 14.5 Å². The number of anilines is 1. The third-order valence-corrected chi connectivity index (χ3v) is 3.63. The Balaban J connectivity index is 1.96. The Kier molecular flexibility index (Phi) is 5.44. The lowest BCUT2D eigenvalue weighted by molar-refractivity contribution is 0.505. The Morgan fingerprint density at radius 3 is 2.36 bits per heavy atom. The highest BCUT2D eigenvalue weighted by Gasteiger charge is 2.10. The summed E-state index contributed by atoms with van der Waals surface area (Å²) in [5.41, 5.74) is 2.76. The molecule has 2 nitrogen and oxygen atoms in total. The van der Waals surface area contributed by atoms with Gasteiger partial charge in [-0.25, -0.2) is 8.78 Å². The van der Waals surface area contributed by atoms with Crippen molar-refractivity contribution in [1.82, 2.24) is 5.32 Å². The van der Waals surface area contributed by atoms with E-state index in [1.807, 2.05) is 31.2 Å². The number of benzene rings is 2. The maximum absolute atomic E-state index is 13.2. The van der Waals surface area contributed by atoms with E-state index in [0.29, 0.717) is 10.7 Å². The fourth-order valence-corrected chi connectivity index (χ4v) is 2.35. The highest BCUT2D eigenvalue weighted by Crippen LogP contribution is 2.16. The molecule has 0 fully saturated rings. The molecule has 22 heavy (non-hydrogen) atoms. The molecule has 0 saturated carbocycles. The normalized spacial score (nSPS) is 11.8. The molecule has 0 radical (unpaired) electrons. The van der Waals surface area contributed by atoms with Crippen LogP contribution in [0.3, 0.4) is 0 Å². The van der Waals surface area contributed by atoms with E-state index in [1.54, 1.807) is 0 Å². The van der Waals surface area contributed by atoms with Gasteiger partial charge in [-0.15, -0.1) is 0 Å². The molecule has 0 aliphatic carbocycles. The van der Waals surface area contributed by atoms with Crippen LogP contribution in [0.1, 0.15) is 31.0 Å². The molecule has 0 saturated heterocycles. The first-order valence-electron chi connectivity index (χ1n) is 7.11. The Bertz CT molecular complexity index is 656. The SMILES string of the molecule is CCc1ccc(NC(=S)N[C@@H](C)c2ccc(F)c(F)c2)cc1. The van der Waals surface area contributed by atoms with Crippen molar-refractivity contribution in [2.24, 2.45) is 0 Å². The van der Waals surface area contributed by atoms with Gasteiger partial charge in [-0.3, -0.25) is 0 Å². The van der Waals surface area contributed by atoms with Crippen molar-refractivity contribution >= 4 is 23.0 Å². The van der Waals surface area contributed by atoms with Gasteiger partial charge < -0.3 is 10.6 Å². The molecular weight excluding hydrogens is 302 g/mol. The van der Waals surface area contributed by atoms with E-state index < -0.39 is 11.6 Å². The van der Waals surface area contributed by atoms with Gasteiger partial charge in [-0.05, 0) is 61.0 Å². The molecule has 5 heteroatoms. The van der Waals surface area contributed by atoms with Gasteiger partial charge in [-0.2, -0.15) is 0 Å². The van der Waals surface area contributed by atoms with Crippen LogP contribution in [0.5, 0.6) is 0 Å². The molecule has 2 aromatic carbocycles. The Morgan fingerprint density at radius 1 is 1.09 bits per heavy atom. The predicted octanol–water partition coefficient (Wildman–Crippen LogP) is 4.57. The van der Waals surface area contributed by atoms with Gasteiger partial charge in [-0.1, -0.05) is 25.1 Å². The molecular formula is C17H18F2N2S. The zero-order valence-corrected chi connectivity index (χ0v) is 13.3. The summed E-state index contributed by atoms with van der Waals surface area (Å²) in [6, 6.07) is 11.6. The van der Waals surface area contributed by atoms with Crippen molar-refractivity contribution in [2.75, 3.05) is 5.32 Å². The van der Waals surface area contributed by atoms with E-state index in [1.165, 1.54) is 17.7 Å². The quantitative estimate of drug-likeness (QED) is 0.807. The molecule has 2 rings (SSSR count). The predicted molar refractivity (Wildman–Crippen MR) is 89.9 cm³/mol. The largest absolute Gasteiger partial charge is 0.356 e. The third-order valence-electron chi connectivity index (χ3n) is 3.41. The van der Waals surface area contributed by atoms with E-state index in [4.69, 9.17) is 12.2 Å². The minimum absolute atomic E-state index is 0.231. The lowest BCUT2D eigenvalue weighted by Crippen LogP contribution is -2.30. The second kappa shape index (κ2) is 7.31. The monoisotopic (exact) mass is 320 g/mol. The van der Waals surface area contributed by atoms with Crippen molar-refractivity contribution in [1.29, 1.82) is 0 Å². The maximum atomic E-state index is 13.2. The van der Waals surface area contributed by atoms with Gasteiger partial charge in [0.25, 0.3) is 0 Å². The first-order valence-corrected chi connectivity index (χ1v) is 7.52. The topological polar surface area (TPSA) is 24.1 Å². The van der Waals surface area contributed by atoms with E-state index in [9.17, 15) is 8.78 Å². The second-order valence-electron chi connectivity index (χ2n) is 5.04. The molecule has 0 heterocycles. The van der Waals surface area contributed by atoms with Crippen LogP contribution in [0.25, 0.3) is 0 Å². The molecule has 116 valence electrons. The number of hydrogen-bond donors (Lipinski definition) is 2. The first kappa shape index (κ1) is 16.4. The molecule has 0 aromatic heterocycles. The van der Waals surface area contributed by atoms with E-state index >= 15 is 0 Å². The minimum atomic E-state index is -0.861. The lowest BCUT2D eigenvalue weighted by Gasteiger charge is -2.17. The third kappa shape index (κ3) is 4.24. The summed E-state index contributed by atoms with van der Waals surface area (Å²) in [5.74, 6) is -1.71. The van der Waals surface area contributed by atoms with Crippen molar-refractivity contribution in [3.8, 4) is 0 Å². The summed E-state index contributed by atoms with van der Waals surface area (Å²) in [5, 5.41) is 6.56. The summed E-state index contributed by atoms with van der Waals surface area (Å²) >= 11 is 5.24. The van der Waals surface area contributed by atoms with Crippen LogP contribution in [-0.4, -0.2) is 5.11 Å². The van der Waals surface area contributed by atoms with Crippen LogP contribution < -0.4 is 10.6 Å². The van der Waals surface area contributed by atoms with Gasteiger partial charge in [0.1, 0.15) is 0 Å². The van der Waals surface area contributed by atoms with Gasteiger partial charge in [0, 0.05) is 5.69 Å². The van der Waals surface area contributed by atoms with Gasteiger partial charge in [0.15, 0.2) is 16.7 Å². The van der Waals surface area contributed by atoms with Crippen LogP contribution in [-0.2, 0) is 6.42 Å². The van der Waals surface area contributed by atoms with Gasteiger partial charge >= 0.3 is 0 Å². The number of halogens is 2. The molecule has 0 bridgehead atoms.